The highest BCUT2D eigenvalue weighted by Crippen LogP contribution is 2.21. The fourth-order valence-corrected chi connectivity index (χ4v) is 2.19. The van der Waals surface area contributed by atoms with E-state index in [0.717, 1.165) is 0 Å². The predicted octanol–water partition coefficient (Wildman–Crippen LogP) is 0.742. The second-order valence-corrected chi connectivity index (χ2v) is 5.77. The highest BCUT2D eigenvalue weighted by atomic mass is 16.5. The van der Waals surface area contributed by atoms with Crippen molar-refractivity contribution in [3.63, 3.8) is 0 Å². The van der Waals surface area contributed by atoms with E-state index in [0.29, 0.717) is 23.0 Å². The second-order valence-electron chi connectivity index (χ2n) is 5.77. The highest BCUT2D eigenvalue weighted by Gasteiger charge is 2.11. The molecule has 0 aliphatic rings. The first-order valence-corrected chi connectivity index (χ1v) is 7.87. The third-order valence-electron chi connectivity index (χ3n) is 3.40. The lowest BCUT2D eigenvalue weighted by Gasteiger charge is -2.04. The Bertz CT molecular complexity index is 915. The second kappa shape index (κ2) is 7.17. The number of nitrogen functional groups attached to an aromatic ring is 1. The average molecular weight is 357 g/mol. The molecule has 0 atom stereocenters. The number of rotatable bonds is 6. The van der Waals surface area contributed by atoms with E-state index in [1.165, 1.54) is 22.8 Å². The molecule has 0 saturated carbocycles. The van der Waals surface area contributed by atoms with Gasteiger partial charge in [0, 0.05) is 17.8 Å². The monoisotopic (exact) mass is 357 g/mol. The van der Waals surface area contributed by atoms with Crippen LogP contribution < -0.4 is 15.8 Å². The lowest BCUT2D eigenvalue weighted by atomic mass is 10.2. The third kappa shape index (κ3) is 3.94. The summed E-state index contributed by atoms with van der Waals surface area (Å²) in [5.74, 6) is 0.573. The maximum absolute atomic E-state index is 12.1. The molecule has 3 rings (SSSR count). The van der Waals surface area contributed by atoms with Crippen LogP contribution in [0.15, 0.2) is 24.7 Å². The van der Waals surface area contributed by atoms with E-state index in [9.17, 15) is 4.79 Å². The van der Waals surface area contributed by atoms with Crippen molar-refractivity contribution in [2.24, 2.45) is 0 Å². The van der Waals surface area contributed by atoms with Gasteiger partial charge in [0.25, 0.3) is 0 Å². The molecule has 0 fully saturated rings. The largest absolute Gasteiger partial charge is 0.481 e. The quantitative estimate of drug-likeness (QED) is 0.658. The zero-order valence-electron chi connectivity index (χ0n) is 14.6. The minimum Gasteiger partial charge on any atom is -0.481 e. The van der Waals surface area contributed by atoms with Gasteiger partial charge in [-0.2, -0.15) is 20.0 Å². The SMILES string of the molecule is COc1cc(-c2cnn(CC(=O)Nc3cnn(C(C)C)n3)c2)nc(N)n1. The molecule has 0 aromatic carbocycles. The van der Waals surface area contributed by atoms with Crippen molar-refractivity contribution in [3.05, 3.63) is 24.7 Å². The molecule has 11 heteroatoms. The molecule has 3 aromatic rings. The van der Waals surface area contributed by atoms with Crippen molar-refractivity contribution < 1.29 is 9.53 Å². The van der Waals surface area contributed by atoms with Crippen LogP contribution in [0.25, 0.3) is 11.3 Å². The van der Waals surface area contributed by atoms with Gasteiger partial charge in [-0.25, -0.2) is 4.98 Å². The molecule has 136 valence electrons. The number of hydrogen-bond acceptors (Lipinski definition) is 8. The molecule has 0 aliphatic carbocycles. The number of carbonyl (C=O) groups is 1. The summed E-state index contributed by atoms with van der Waals surface area (Å²) >= 11 is 0. The van der Waals surface area contributed by atoms with Crippen LogP contribution >= 0.6 is 0 Å². The summed E-state index contributed by atoms with van der Waals surface area (Å²) < 4.78 is 6.56. The molecular weight excluding hydrogens is 338 g/mol. The topological polar surface area (TPSA) is 139 Å². The Morgan fingerprint density at radius 1 is 1.31 bits per heavy atom. The van der Waals surface area contributed by atoms with Gasteiger partial charge in [-0.15, -0.1) is 5.10 Å². The molecule has 26 heavy (non-hydrogen) atoms. The molecule has 0 aliphatic heterocycles. The fourth-order valence-electron chi connectivity index (χ4n) is 2.19. The zero-order chi connectivity index (χ0) is 18.7. The first kappa shape index (κ1) is 17.3. The van der Waals surface area contributed by atoms with Crippen LogP contribution in [0.1, 0.15) is 19.9 Å². The Hall–Kier alpha value is -3.50. The normalized spacial score (nSPS) is 10.9. The molecule has 0 spiro atoms. The first-order valence-electron chi connectivity index (χ1n) is 7.87. The van der Waals surface area contributed by atoms with Crippen LogP contribution in [-0.4, -0.2) is 47.8 Å². The summed E-state index contributed by atoms with van der Waals surface area (Å²) in [6.07, 6.45) is 4.78. The lowest BCUT2D eigenvalue weighted by molar-refractivity contribution is -0.116. The molecule has 3 aromatic heterocycles. The molecule has 0 saturated heterocycles. The van der Waals surface area contributed by atoms with Gasteiger partial charge in [-0.1, -0.05) is 0 Å². The van der Waals surface area contributed by atoms with Crippen LogP contribution in [-0.2, 0) is 11.3 Å². The van der Waals surface area contributed by atoms with Crippen molar-refractivity contribution in [2.45, 2.75) is 26.4 Å². The van der Waals surface area contributed by atoms with Crippen LogP contribution in [0.4, 0.5) is 11.8 Å². The Balaban J connectivity index is 1.68. The number of amides is 1. The molecule has 0 unspecified atom stereocenters. The number of hydrogen-bond donors (Lipinski definition) is 2. The smallest absolute Gasteiger partial charge is 0.247 e. The predicted molar refractivity (Wildman–Crippen MR) is 93.3 cm³/mol. The van der Waals surface area contributed by atoms with Gasteiger partial charge in [0.2, 0.25) is 17.7 Å². The fraction of sp³-hybridized carbons (Fsp3) is 0.333. The van der Waals surface area contributed by atoms with E-state index in [2.05, 4.69) is 30.6 Å². The number of carbonyl (C=O) groups excluding carboxylic acids is 1. The summed E-state index contributed by atoms with van der Waals surface area (Å²) in [5, 5.41) is 15.1. The number of ether oxygens (including phenoxy) is 1. The molecular formula is C15H19N9O2. The van der Waals surface area contributed by atoms with E-state index in [1.807, 2.05) is 13.8 Å². The number of nitrogens with zero attached hydrogens (tertiary/aromatic N) is 7. The minimum atomic E-state index is -0.268. The maximum atomic E-state index is 12.1. The Kier molecular flexibility index (Phi) is 4.78. The van der Waals surface area contributed by atoms with Gasteiger partial charge in [0.15, 0.2) is 5.82 Å². The minimum absolute atomic E-state index is 0.0201. The van der Waals surface area contributed by atoms with E-state index in [4.69, 9.17) is 10.5 Å². The van der Waals surface area contributed by atoms with E-state index in [-0.39, 0.29) is 24.4 Å². The Morgan fingerprint density at radius 3 is 2.81 bits per heavy atom. The van der Waals surface area contributed by atoms with Crippen molar-refractivity contribution in [2.75, 3.05) is 18.2 Å². The summed E-state index contributed by atoms with van der Waals surface area (Å²) in [7, 11) is 1.49. The summed E-state index contributed by atoms with van der Waals surface area (Å²) in [4.78, 5) is 21.7. The number of aromatic nitrogens is 7. The van der Waals surface area contributed by atoms with Gasteiger partial charge in [-0.05, 0) is 13.8 Å². The summed E-state index contributed by atoms with van der Waals surface area (Å²) in [6, 6.07) is 1.76. The number of anilines is 2. The molecule has 1 amide bonds. The van der Waals surface area contributed by atoms with Crippen molar-refractivity contribution in [1.82, 2.24) is 34.7 Å². The third-order valence-corrected chi connectivity index (χ3v) is 3.40. The van der Waals surface area contributed by atoms with E-state index < -0.39 is 0 Å². The summed E-state index contributed by atoms with van der Waals surface area (Å²) in [6.45, 7) is 3.92. The van der Waals surface area contributed by atoms with Gasteiger partial charge >= 0.3 is 0 Å². The van der Waals surface area contributed by atoms with Crippen molar-refractivity contribution in [3.8, 4) is 17.1 Å². The Morgan fingerprint density at radius 2 is 2.12 bits per heavy atom. The number of nitrogens with two attached hydrogens (primary N) is 1. The number of nitrogens with one attached hydrogen (secondary N) is 1. The zero-order valence-corrected chi connectivity index (χ0v) is 14.6. The van der Waals surface area contributed by atoms with Gasteiger partial charge < -0.3 is 15.8 Å². The van der Waals surface area contributed by atoms with Gasteiger partial charge in [0.05, 0.1) is 31.2 Å². The van der Waals surface area contributed by atoms with E-state index >= 15 is 0 Å². The molecule has 11 nitrogen and oxygen atoms in total. The van der Waals surface area contributed by atoms with Gasteiger partial charge in [0.1, 0.15) is 6.54 Å². The van der Waals surface area contributed by atoms with Gasteiger partial charge in [-0.3, -0.25) is 9.48 Å². The Labute approximate surface area is 149 Å². The lowest BCUT2D eigenvalue weighted by Crippen LogP contribution is -2.19. The van der Waals surface area contributed by atoms with Crippen molar-refractivity contribution >= 4 is 17.7 Å². The maximum Gasteiger partial charge on any atom is 0.247 e. The summed E-state index contributed by atoms with van der Waals surface area (Å²) in [5.41, 5.74) is 6.91. The standard InChI is InChI=1S/C15H19N9O2/c1-9(2)24-18-6-12(22-24)20-13(25)8-23-7-10(5-17-23)11-4-14(26-3)21-15(16)19-11/h4-7,9H,8H2,1-3H3,(H2,16,19,21)(H,20,22,25). The average Bonchev–Trinajstić information content (AvgIpc) is 3.24. The highest BCUT2D eigenvalue weighted by molar-refractivity contribution is 5.89. The van der Waals surface area contributed by atoms with Crippen molar-refractivity contribution in [1.29, 1.82) is 0 Å². The van der Waals surface area contributed by atoms with Crippen LogP contribution in [0.2, 0.25) is 0 Å². The van der Waals surface area contributed by atoms with Crippen LogP contribution in [0, 0.1) is 0 Å². The first-order chi connectivity index (χ1) is 12.4. The molecule has 0 bridgehead atoms. The molecule has 3 N–H and O–H groups in total. The van der Waals surface area contributed by atoms with Crippen LogP contribution in [0.5, 0.6) is 5.88 Å². The van der Waals surface area contributed by atoms with E-state index in [1.54, 1.807) is 18.5 Å². The number of methoxy groups -OCH3 is 1. The molecule has 3 heterocycles. The molecule has 0 radical (unpaired) electrons. The van der Waals surface area contributed by atoms with Crippen LogP contribution in [0.3, 0.4) is 0 Å².